The zero-order valence-corrected chi connectivity index (χ0v) is 15.5. The number of benzene rings is 1. The zero-order valence-electron chi connectivity index (χ0n) is 14.7. The molecule has 0 bridgehead atoms. The monoisotopic (exact) mass is 360 g/mol. The van der Waals surface area contributed by atoms with Crippen LogP contribution in [0.15, 0.2) is 47.5 Å². The summed E-state index contributed by atoms with van der Waals surface area (Å²) in [5.41, 5.74) is 1.54. The van der Waals surface area contributed by atoms with Gasteiger partial charge in [-0.05, 0) is 44.0 Å². The normalized spacial score (nSPS) is 19.5. The van der Waals surface area contributed by atoms with Crippen LogP contribution in [0.5, 0.6) is 0 Å². The summed E-state index contributed by atoms with van der Waals surface area (Å²) in [5, 5.41) is 0. The first kappa shape index (κ1) is 17.9. The van der Waals surface area contributed by atoms with Gasteiger partial charge in [-0.25, -0.2) is 8.42 Å². The number of Topliss-reactive ketones (excluding diaryl/α,β-unsaturated/α-hetero) is 1. The van der Waals surface area contributed by atoms with Crippen LogP contribution >= 0.6 is 0 Å². The van der Waals surface area contributed by atoms with Crippen LogP contribution in [0.2, 0.25) is 0 Å². The van der Waals surface area contributed by atoms with Gasteiger partial charge in [0.1, 0.15) is 0 Å². The number of aromatic nitrogens is 1. The molecule has 1 aliphatic heterocycles. The molecule has 5 nitrogen and oxygen atoms in total. The highest BCUT2D eigenvalue weighted by Crippen LogP contribution is 2.34. The van der Waals surface area contributed by atoms with Crippen molar-refractivity contribution in [2.24, 2.45) is 7.05 Å². The van der Waals surface area contributed by atoms with E-state index in [1.54, 1.807) is 28.6 Å². The number of sulfonamides is 1. The van der Waals surface area contributed by atoms with Crippen molar-refractivity contribution in [3.8, 4) is 0 Å². The van der Waals surface area contributed by atoms with Crippen molar-refractivity contribution >= 4 is 15.8 Å². The summed E-state index contributed by atoms with van der Waals surface area (Å²) in [6, 6.07) is 10.1. The molecular formula is C19H24N2O3S. The van der Waals surface area contributed by atoms with E-state index in [4.69, 9.17) is 0 Å². The Labute approximate surface area is 149 Å². The lowest BCUT2D eigenvalue weighted by atomic mass is 10.1. The number of carbonyl (C=O) groups is 1. The second kappa shape index (κ2) is 7.14. The summed E-state index contributed by atoms with van der Waals surface area (Å²) >= 11 is 0. The summed E-state index contributed by atoms with van der Waals surface area (Å²) < 4.78 is 30.2. The van der Waals surface area contributed by atoms with Crippen LogP contribution in [0.25, 0.3) is 0 Å². The smallest absolute Gasteiger partial charge is 0.243 e. The molecule has 1 aromatic carbocycles. The quantitative estimate of drug-likeness (QED) is 0.784. The van der Waals surface area contributed by atoms with Gasteiger partial charge in [-0.15, -0.1) is 0 Å². The highest BCUT2D eigenvalue weighted by Gasteiger charge is 2.34. The van der Waals surface area contributed by atoms with Gasteiger partial charge in [0.2, 0.25) is 10.0 Å². The van der Waals surface area contributed by atoms with Gasteiger partial charge in [-0.3, -0.25) is 4.79 Å². The highest BCUT2D eigenvalue weighted by atomic mass is 32.2. The Morgan fingerprint density at radius 1 is 1.08 bits per heavy atom. The maximum absolute atomic E-state index is 13.3. The summed E-state index contributed by atoms with van der Waals surface area (Å²) in [6.45, 7) is 2.00. The molecule has 0 radical (unpaired) electrons. The second-order valence-corrected chi connectivity index (χ2v) is 8.50. The molecule has 134 valence electrons. The Bertz CT molecular complexity index is 853. The fourth-order valence-electron chi connectivity index (χ4n) is 3.48. The standard InChI is InChI=1S/C19H24N2O3S/c1-15(22)16-9-11-17(12-10-16)25(23,24)21-14-5-3-4-7-19(21)18-8-6-13-20(18)2/h6,8-13,19H,3-5,7,14H2,1-2H3/t19-/m0/s1. The number of aryl methyl sites for hydroxylation is 1. The second-order valence-electron chi connectivity index (χ2n) is 6.61. The van der Waals surface area contributed by atoms with E-state index in [1.807, 2.05) is 29.9 Å². The summed E-state index contributed by atoms with van der Waals surface area (Å²) in [7, 11) is -1.66. The van der Waals surface area contributed by atoms with Gasteiger partial charge >= 0.3 is 0 Å². The lowest BCUT2D eigenvalue weighted by molar-refractivity contribution is 0.101. The molecule has 3 rings (SSSR count). The van der Waals surface area contributed by atoms with Crippen LogP contribution in [0.1, 0.15) is 54.7 Å². The molecule has 0 spiro atoms. The third-order valence-corrected chi connectivity index (χ3v) is 6.82. The number of carbonyl (C=O) groups excluding carboxylic acids is 1. The summed E-state index contributed by atoms with van der Waals surface area (Å²) in [4.78, 5) is 11.7. The van der Waals surface area contributed by atoms with Crippen LogP contribution in [0.4, 0.5) is 0 Å². The van der Waals surface area contributed by atoms with E-state index in [0.717, 1.165) is 31.4 Å². The van der Waals surface area contributed by atoms with Crippen molar-refractivity contribution in [3.63, 3.8) is 0 Å². The molecule has 1 saturated heterocycles. The number of nitrogens with zero attached hydrogens (tertiary/aromatic N) is 2. The first-order chi connectivity index (χ1) is 11.9. The predicted molar refractivity (Wildman–Crippen MR) is 97.0 cm³/mol. The average molecular weight is 360 g/mol. The van der Waals surface area contributed by atoms with Crippen LogP contribution in [-0.4, -0.2) is 29.6 Å². The molecule has 6 heteroatoms. The Kier molecular flexibility index (Phi) is 5.11. The Hall–Kier alpha value is -1.92. The predicted octanol–water partition coefficient (Wildman–Crippen LogP) is 3.53. The molecule has 1 atom stereocenters. The van der Waals surface area contributed by atoms with Crippen molar-refractivity contribution in [1.82, 2.24) is 8.87 Å². The molecule has 0 unspecified atom stereocenters. The minimum absolute atomic E-state index is 0.0691. The van der Waals surface area contributed by atoms with Crippen molar-refractivity contribution < 1.29 is 13.2 Å². The van der Waals surface area contributed by atoms with Crippen molar-refractivity contribution in [2.75, 3.05) is 6.54 Å². The summed E-state index contributed by atoms with van der Waals surface area (Å²) in [5.74, 6) is -0.0691. The molecule has 1 aromatic heterocycles. The molecule has 0 N–H and O–H groups in total. The molecule has 1 fully saturated rings. The Morgan fingerprint density at radius 2 is 1.80 bits per heavy atom. The molecule has 0 amide bonds. The summed E-state index contributed by atoms with van der Waals surface area (Å²) in [6.07, 6.45) is 5.70. The highest BCUT2D eigenvalue weighted by molar-refractivity contribution is 7.89. The van der Waals surface area contributed by atoms with Gasteiger partial charge in [0.05, 0.1) is 10.9 Å². The number of hydrogen-bond donors (Lipinski definition) is 0. The van der Waals surface area contributed by atoms with E-state index in [9.17, 15) is 13.2 Å². The third-order valence-electron chi connectivity index (χ3n) is 4.90. The van der Waals surface area contributed by atoms with E-state index in [2.05, 4.69) is 0 Å². The van der Waals surface area contributed by atoms with Crippen LogP contribution in [0, 0.1) is 0 Å². The maximum Gasteiger partial charge on any atom is 0.243 e. The number of rotatable bonds is 4. The fourth-order valence-corrected chi connectivity index (χ4v) is 5.15. The zero-order chi connectivity index (χ0) is 18.0. The lowest BCUT2D eigenvalue weighted by Crippen LogP contribution is -2.35. The average Bonchev–Trinajstić information content (AvgIpc) is 2.86. The molecular weight excluding hydrogens is 336 g/mol. The topological polar surface area (TPSA) is 59.4 Å². The van der Waals surface area contributed by atoms with E-state index < -0.39 is 10.0 Å². The van der Waals surface area contributed by atoms with Crippen molar-refractivity contribution in [2.45, 2.75) is 43.5 Å². The van der Waals surface area contributed by atoms with Crippen LogP contribution < -0.4 is 0 Å². The molecule has 2 heterocycles. The maximum atomic E-state index is 13.3. The van der Waals surface area contributed by atoms with Gasteiger partial charge in [0.25, 0.3) is 0 Å². The number of ketones is 1. The van der Waals surface area contributed by atoms with Gasteiger partial charge in [-0.1, -0.05) is 25.0 Å². The molecule has 0 saturated carbocycles. The first-order valence-corrected chi connectivity index (χ1v) is 10.1. The van der Waals surface area contributed by atoms with Gasteiger partial charge < -0.3 is 4.57 Å². The Morgan fingerprint density at radius 3 is 2.40 bits per heavy atom. The van der Waals surface area contributed by atoms with Gasteiger partial charge in [-0.2, -0.15) is 4.31 Å². The minimum Gasteiger partial charge on any atom is -0.353 e. The van der Waals surface area contributed by atoms with Crippen molar-refractivity contribution in [1.29, 1.82) is 0 Å². The molecule has 2 aromatic rings. The number of hydrogen-bond acceptors (Lipinski definition) is 3. The van der Waals surface area contributed by atoms with Crippen LogP contribution in [-0.2, 0) is 17.1 Å². The van der Waals surface area contributed by atoms with Crippen molar-refractivity contribution in [3.05, 3.63) is 53.9 Å². The molecule has 1 aliphatic rings. The van der Waals surface area contributed by atoms with E-state index in [-0.39, 0.29) is 16.7 Å². The lowest BCUT2D eigenvalue weighted by Gasteiger charge is -2.29. The van der Waals surface area contributed by atoms with Crippen LogP contribution in [0.3, 0.4) is 0 Å². The third kappa shape index (κ3) is 3.55. The molecule has 0 aliphatic carbocycles. The van der Waals surface area contributed by atoms with E-state index in [1.165, 1.54) is 6.92 Å². The SMILES string of the molecule is CC(=O)c1ccc(S(=O)(=O)N2CCCCC[C@H]2c2cccn2C)cc1. The van der Waals surface area contributed by atoms with Gasteiger partial charge in [0, 0.05) is 31.0 Å². The largest absolute Gasteiger partial charge is 0.353 e. The van der Waals surface area contributed by atoms with E-state index >= 15 is 0 Å². The first-order valence-electron chi connectivity index (χ1n) is 8.65. The van der Waals surface area contributed by atoms with E-state index in [0.29, 0.717) is 12.1 Å². The fraction of sp³-hybridized carbons (Fsp3) is 0.421. The minimum atomic E-state index is -3.61. The Balaban J connectivity index is 2.00. The molecule has 25 heavy (non-hydrogen) atoms. The van der Waals surface area contributed by atoms with Gasteiger partial charge in [0.15, 0.2) is 5.78 Å².